The Morgan fingerprint density at radius 1 is 0.917 bits per heavy atom. The van der Waals surface area contributed by atoms with E-state index >= 15 is 0 Å². The largest absolute Gasteiger partial charge is 0.340 e. The molecule has 9 heteroatoms. The number of piperidine rings is 1. The van der Waals surface area contributed by atoms with Crippen LogP contribution in [0.4, 0.5) is 14.5 Å². The second-order valence-corrected chi connectivity index (χ2v) is 9.35. The molecule has 36 heavy (non-hydrogen) atoms. The topological polar surface area (TPSA) is 73.0 Å². The minimum absolute atomic E-state index is 0.0645. The zero-order chi connectivity index (χ0) is 25.7. The number of nitrogens with zero attached hydrogens (tertiary/aromatic N) is 3. The summed E-state index contributed by atoms with van der Waals surface area (Å²) in [7, 11) is 0. The molecule has 0 unspecified atom stereocenters. The number of amides is 3. The van der Waals surface area contributed by atoms with E-state index in [2.05, 4.69) is 5.32 Å². The van der Waals surface area contributed by atoms with E-state index in [0.29, 0.717) is 58.2 Å². The van der Waals surface area contributed by atoms with Crippen molar-refractivity contribution in [3.05, 3.63) is 65.2 Å². The van der Waals surface area contributed by atoms with Crippen molar-refractivity contribution in [2.24, 2.45) is 5.92 Å². The third kappa shape index (κ3) is 6.07. The summed E-state index contributed by atoms with van der Waals surface area (Å²) in [5.74, 6) is -2.27. The number of hydrogen-bond donors (Lipinski definition) is 1. The molecule has 4 rings (SSSR count). The molecule has 2 heterocycles. The first kappa shape index (κ1) is 25.8. The third-order valence-electron chi connectivity index (χ3n) is 7.02. The maximum atomic E-state index is 14.0. The van der Waals surface area contributed by atoms with Crippen molar-refractivity contribution >= 4 is 23.4 Å². The molecule has 2 saturated heterocycles. The lowest BCUT2D eigenvalue weighted by atomic mass is 9.94. The van der Waals surface area contributed by atoms with Gasteiger partial charge in [-0.1, -0.05) is 25.1 Å². The Morgan fingerprint density at radius 3 is 2.28 bits per heavy atom. The second-order valence-electron chi connectivity index (χ2n) is 9.35. The molecule has 192 valence electrons. The lowest BCUT2D eigenvalue weighted by Crippen LogP contribution is -2.53. The van der Waals surface area contributed by atoms with Gasteiger partial charge in [-0.2, -0.15) is 0 Å². The first-order valence-electron chi connectivity index (χ1n) is 12.5. The Hall–Kier alpha value is -3.33. The number of carbonyl (C=O) groups is 3. The van der Waals surface area contributed by atoms with Gasteiger partial charge in [0.25, 0.3) is 5.91 Å². The highest BCUT2D eigenvalue weighted by Crippen LogP contribution is 2.23. The molecule has 0 aliphatic carbocycles. The van der Waals surface area contributed by atoms with Gasteiger partial charge >= 0.3 is 0 Å². The van der Waals surface area contributed by atoms with Crippen LogP contribution in [0.2, 0.25) is 0 Å². The van der Waals surface area contributed by atoms with Gasteiger partial charge in [-0.3, -0.25) is 19.3 Å². The van der Waals surface area contributed by atoms with Crippen LogP contribution in [-0.2, 0) is 16.0 Å². The number of nitrogens with one attached hydrogen (secondary N) is 1. The molecule has 0 aromatic heterocycles. The molecule has 7 nitrogen and oxygen atoms in total. The monoisotopic (exact) mass is 498 g/mol. The maximum absolute atomic E-state index is 14.0. The van der Waals surface area contributed by atoms with Gasteiger partial charge in [-0.25, -0.2) is 8.78 Å². The first-order valence-corrected chi connectivity index (χ1v) is 12.5. The molecule has 2 fully saturated rings. The zero-order valence-electron chi connectivity index (χ0n) is 20.5. The molecule has 1 N–H and O–H groups in total. The van der Waals surface area contributed by atoms with E-state index in [1.54, 1.807) is 0 Å². The highest BCUT2D eigenvalue weighted by Gasteiger charge is 2.32. The number of likely N-dealkylation sites (tertiary alicyclic amines) is 1. The lowest BCUT2D eigenvalue weighted by Gasteiger charge is -2.38. The second kappa shape index (κ2) is 11.6. The van der Waals surface area contributed by atoms with Crippen LogP contribution in [-0.4, -0.2) is 78.2 Å². The normalized spacial score (nSPS) is 17.2. The van der Waals surface area contributed by atoms with Crippen LogP contribution in [0.25, 0.3) is 0 Å². The fourth-order valence-electron chi connectivity index (χ4n) is 4.89. The van der Waals surface area contributed by atoms with Gasteiger partial charge in [0.05, 0.1) is 12.1 Å². The van der Waals surface area contributed by atoms with Crippen molar-refractivity contribution in [3.63, 3.8) is 0 Å². The van der Waals surface area contributed by atoms with Crippen molar-refractivity contribution in [2.45, 2.75) is 26.2 Å². The van der Waals surface area contributed by atoms with Crippen LogP contribution in [0, 0.1) is 17.6 Å². The zero-order valence-corrected chi connectivity index (χ0v) is 20.5. The lowest BCUT2D eigenvalue weighted by molar-refractivity contribution is -0.138. The van der Waals surface area contributed by atoms with Gasteiger partial charge in [-0.15, -0.1) is 0 Å². The first-order chi connectivity index (χ1) is 17.4. The highest BCUT2D eigenvalue weighted by molar-refractivity contribution is 5.95. The number of rotatable bonds is 6. The quantitative estimate of drug-likeness (QED) is 0.664. The van der Waals surface area contributed by atoms with Crippen LogP contribution in [0.5, 0.6) is 0 Å². The van der Waals surface area contributed by atoms with Gasteiger partial charge in [0, 0.05) is 56.9 Å². The van der Waals surface area contributed by atoms with Crippen LogP contribution in [0.3, 0.4) is 0 Å². The SMILES string of the molecule is CCc1ccccc1NC(=O)CN1CCN(C(=O)C2CCN(C(=O)c3ccc(F)cc3F)CC2)CC1. The molecular weight excluding hydrogens is 466 g/mol. The summed E-state index contributed by atoms with van der Waals surface area (Å²) in [6.45, 7) is 5.38. The molecule has 0 atom stereocenters. The Labute approximate surface area is 210 Å². The van der Waals surface area contributed by atoms with Crippen molar-refractivity contribution in [3.8, 4) is 0 Å². The number of carbonyl (C=O) groups excluding carboxylic acids is 3. The molecular formula is C27H32F2N4O3. The Morgan fingerprint density at radius 2 is 1.61 bits per heavy atom. The number of benzene rings is 2. The molecule has 2 aromatic rings. The standard InChI is InChI=1S/C27H32F2N4O3/c1-2-19-5-3-4-6-24(19)30-25(34)18-31-13-15-33(16-14-31)26(35)20-9-11-32(12-10-20)27(36)22-8-7-21(28)17-23(22)29/h3-8,17,20H,2,9-16,18H2,1H3,(H,30,34). The van der Waals surface area contributed by atoms with Crippen molar-refractivity contribution in [1.29, 1.82) is 0 Å². The summed E-state index contributed by atoms with van der Waals surface area (Å²) in [6.07, 6.45) is 1.85. The molecule has 0 saturated carbocycles. The average Bonchev–Trinajstić information content (AvgIpc) is 2.89. The van der Waals surface area contributed by atoms with E-state index in [1.165, 1.54) is 4.90 Å². The smallest absolute Gasteiger partial charge is 0.256 e. The summed E-state index contributed by atoms with van der Waals surface area (Å²) in [6, 6.07) is 10.7. The van der Waals surface area contributed by atoms with Gasteiger partial charge in [0.1, 0.15) is 11.6 Å². The van der Waals surface area contributed by atoms with Crippen LogP contribution in [0.15, 0.2) is 42.5 Å². The van der Waals surface area contributed by atoms with Gasteiger partial charge in [0.2, 0.25) is 11.8 Å². The summed E-state index contributed by atoms with van der Waals surface area (Å²) >= 11 is 0. The van der Waals surface area contributed by atoms with Crippen molar-refractivity contribution in [2.75, 3.05) is 51.1 Å². The van der Waals surface area contributed by atoms with Crippen LogP contribution < -0.4 is 5.32 Å². The molecule has 0 spiro atoms. The minimum Gasteiger partial charge on any atom is -0.340 e. The molecule has 3 amide bonds. The Bertz CT molecular complexity index is 1110. The van der Waals surface area contributed by atoms with Gasteiger partial charge in [-0.05, 0) is 43.0 Å². The van der Waals surface area contributed by atoms with E-state index in [-0.39, 0.29) is 29.8 Å². The number of hydrogen-bond acceptors (Lipinski definition) is 4. The number of para-hydroxylation sites is 1. The van der Waals surface area contributed by atoms with Gasteiger partial charge in [0.15, 0.2) is 0 Å². The van der Waals surface area contributed by atoms with E-state index in [1.807, 2.05) is 41.0 Å². The Kier molecular flexibility index (Phi) is 8.30. The van der Waals surface area contributed by atoms with E-state index < -0.39 is 17.5 Å². The molecule has 2 aliphatic rings. The summed E-state index contributed by atoms with van der Waals surface area (Å²) in [4.78, 5) is 43.6. The molecule has 2 aliphatic heterocycles. The molecule has 2 aromatic carbocycles. The fraction of sp³-hybridized carbons (Fsp3) is 0.444. The fourth-order valence-corrected chi connectivity index (χ4v) is 4.89. The van der Waals surface area contributed by atoms with E-state index in [9.17, 15) is 23.2 Å². The van der Waals surface area contributed by atoms with E-state index in [4.69, 9.17) is 0 Å². The maximum Gasteiger partial charge on any atom is 0.256 e. The summed E-state index contributed by atoms with van der Waals surface area (Å²) in [5.41, 5.74) is 1.78. The van der Waals surface area contributed by atoms with Crippen molar-refractivity contribution in [1.82, 2.24) is 14.7 Å². The van der Waals surface area contributed by atoms with Crippen molar-refractivity contribution < 1.29 is 23.2 Å². The number of halogens is 2. The summed E-state index contributed by atoms with van der Waals surface area (Å²) < 4.78 is 27.1. The highest BCUT2D eigenvalue weighted by atomic mass is 19.1. The van der Waals surface area contributed by atoms with Gasteiger partial charge < -0.3 is 15.1 Å². The Balaban J connectivity index is 1.22. The minimum atomic E-state index is -0.876. The number of aryl methyl sites for hydroxylation is 1. The predicted octanol–water partition coefficient (Wildman–Crippen LogP) is 3.16. The number of piperazine rings is 1. The number of anilines is 1. The molecule has 0 radical (unpaired) electrons. The summed E-state index contributed by atoms with van der Waals surface area (Å²) in [5, 5.41) is 2.99. The third-order valence-corrected chi connectivity index (χ3v) is 7.02. The van der Waals surface area contributed by atoms with Crippen LogP contribution >= 0.6 is 0 Å². The average molecular weight is 499 g/mol. The van der Waals surface area contributed by atoms with Crippen LogP contribution in [0.1, 0.15) is 35.7 Å². The predicted molar refractivity (Wildman–Crippen MR) is 132 cm³/mol. The molecule has 0 bridgehead atoms. The van der Waals surface area contributed by atoms with E-state index in [0.717, 1.165) is 29.8 Å².